The highest BCUT2D eigenvalue weighted by Gasteiger charge is 2.26. The van der Waals surface area contributed by atoms with E-state index in [4.69, 9.17) is 9.15 Å². The van der Waals surface area contributed by atoms with Gasteiger partial charge in [-0.25, -0.2) is 9.59 Å². The first-order valence-electron chi connectivity index (χ1n) is 8.85. The number of imide groups is 1. The van der Waals surface area contributed by atoms with E-state index in [0.717, 1.165) is 0 Å². The second kappa shape index (κ2) is 8.87. The first kappa shape index (κ1) is 19.9. The van der Waals surface area contributed by atoms with Crippen molar-refractivity contribution in [3.8, 4) is 0 Å². The lowest BCUT2D eigenvalue weighted by atomic mass is 10.1. The van der Waals surface area contributed by atoms with E-state index in [0.29, 0.717) is 16.7 Å². The highest BCUT2D eigenvalue weighted by atomic mass is 16.5. The summed E-state index contributed by atoms with van der Waals surface area (Å²) in [5.74, 6) is -2.08. The maximum absolute atomic E-state index is 12.4. The Kier molecular flexibility index (Phi) is 6.08. The van der Waals surface area contributed by atoms with Crippen LogP contribution in [-0.4, -0.2) is 29.5 Å². The number of hydrogen-bond donors (Lipinski definition) is 2. The zero-order valence-electron chi connectivity index (χ0n) is 15.6. The average molecular weight is 397 g/mol. The quantitative estimate of drug-likeness (QED) is 0.611. The summed E-state index contributed by atoms with van der Waals surface area (Å²) in [4.78, 5) is 48.2. The summed E-state index contributed by atoms with van der Waals surface area (Å²) < 4.78 is 11.8. The van der Waals surface area contributed by atoms with Crippen molar-refractivity contribution in [2.45, 2.75) is 19.1 Å². The number of carbonyl (C=O) groups is 3. The summed E-state index contributed by atoms with van der Waals surface area (Å²) in [7, 11) is 1.36. The lowest BCUT2D eigenvalue weighted by molar-refractivity contribution is -0.156. The van der Waals surface area contributed by atoms with Crippen molar-refractivity contribution < 1.29 is 23.5 Å². The first-order valence-corrected chi connectivity index (χ1v) is 8.85. The van der Waals surface area contributed by atoms with Crippen LogP contribution in [0.15, 0.2) is 63.8 Å². The van der Waals surface area contributed by atoms with Crippen LogP contribution >= 0.6 is 0 Å². The maximum atomic E-state index is 12.4. The van der Waals surface area contributed by atoms with E-state index in [1.165, 1.54) is 11.6 Å². The smallest absolute Gasteiger partial charge is 0.419 e. The first-order chi connectivity index (χ1) is 14.0. The van der Waals surface area contributed by atoms with Crippen LogP contribution in [0.2, 0.25) is 0 Å². The monoisotopic (exact) mass is 397 g/mol. The molecule has 0 bridgehead atoms. The highest BCUT2D eigenvalue weighted by molar-refractivity contribution is 5.97. The van der Waals surface area contributed by atoms with Crippen LogP contribution in [0.4, 0.5) is 4.79 Å². The van der Waals surface area contributed by atoms with Crippen LogP contribution in [-0.2, 0) is 20.9 Å². The van der Waals surface area contributed by atoms with Crippen molar-refractivity contribution in [3.63, 3.8) is 0 Å². The normalized spacial score (nSPS) is 11.6. The minimum absolute atomic E-state index is 0.0211. The lowest BCUT2D eigenvalue weighted by Gasteiger charge is -2.17. The molecule has 0 spiro atoms. The predicted octanol–water partition coefficient (Wildman–Crippen LogP) is 1.72. The van der Waals surface area contributed by atoms with E-state index in [2.05, 4.69) is 10.6 Å². The molecule has 0 saturated heterocycles. The third-order valence-corrected chi connectivity index (χ3v) is 4.17. The molecule has 1 atom stereocenters. The minimum atomic E-state index is -1.31. The third kappa shape index (κ3) is 4.70. The standard InChI is InChI=1S/C20H19N3O6/c1-21-19(26)22-18(25)17(13-7-3-2-4-8-13)29-16(24)11-12-23-14-9-5-6-10-15(14)28-20(23)27/h2-10,17H,11-12H2,1H3,(H2,21,22,25,26)/t17-/m0/s1. The molecule has 29 heavy (non-hydrogen) atoms. The number of oxazole rings is 1. The van der Waals surface area contributed by atoms with Crippen molar-refractivity contribution in [1.29, 1.82) is 0 Å². The van der Waals surface area contributed by atoms with Gasteiger partial charge in [0, 0.05) is 19.2 Å². The number of nitrogens with zero attached hydrogens (tertiary/aromatic N) is 1. The largest absolute Gasteiger partial charge is 0.447 e. The summed E-state index contributed by atoms with van der Waals surface area (Å²) in [6.07, 6.45) is -1.47. The molecule has 0 aliphatic rings. The predicted molar refractivity (Wildman–Crippen MR) is 103 cm³/mol. The van der Waals surface area contributed by atoms with E-state index in [9.17, 15) is 19.2 Å². The number of urea groups is 1. The van der Waals surface area contributed by atoms with E-state index in [-0.39, 0.29) is 13.0 Å². The Hall–Kier alpha value is -3.88. The number of fused-ring (bicyclic) bond motifs is 1. The Morgan fingerprint density at radius 1 is 1.07 bits per heavy atom. The van der Waals surface area contributed by atoms with Gasteiger partial charge in [-0.3, -0.25) is 19.5 Å². The Morgan fingerprint density at radius 2 is 1.76 bits per heavy atom. The number of para-hydroxylation sites is 2. The van der Waals surface area contributed by atoms with E-state index in [1.807, 2.05) is 0 Å². The summed E-state index contributed by atoms with van der Waals surface area (Å²) in [6.45, 7) is 0.0211. The second-order valence-electron chi connectivity index (χ2n) is 6.09. The van der Waals surface area contributed by atoms with Crippen molar-refractivity contribution in [3.05, 3.63) is 70.7 Å². The Balaban J connectivity index is 1.72. The second-order valence-corrected chi connectivity index (χ2v) is 6.09. The summed E-state index contributed by atoms with van der Waals surface area (Å²) >= 11 is 0. The van der Waals surface area contributed by atoms with E-state index < -0.39 is 29.8 Å². The van der Waals surface area contributed by atoms with Gasteiger partial charge in [-0.2, -0.15) is 0 Å². The summed E-state index contributed by atoms with van der Waals surface area (Å²) in [5, 5.41) is 4.36. The van der Waals surface area contributed by atoms with Gasteiger partial charge in [-0.1, -0.05) is 42.5 Å². The van der Waals surface area contributed by atoms with Crippen LogP contribution < -0.4 is 16.4 Å². The molecule has 0 unspecified atom stereocenters. The molecular weight excluding hydrogens is 378 g/mol. The fourth-order valence-electron chi connectivity index (χ4n) is 2.76. The molecule has 0 aliphatic heterocycles. The molecule has 0 saturated carbocycles. The molecule has 3 aromatic rings. The number of carbonyl (C=O) groups excluding carboxylic acids is 3. The SMILES string of the molecule is CNC(=O)NC(=O)[C@@H](OC(=O)CCn1c(=O)oc2ccccc21)c1ccccc1. The number of amides is 3. The van der Waals surface area contributed by atoms with Crippen molar-refractivity contribution in [1.82, 2.24) is 15.2 Å². The molecule has 2 N–H and O–H groups in total. The van der Waals surface area contributed by atoms with Crippen molar-refractivity contribution >= 4 is 29.0 Å². The van der Waals surface area contributed by atoms with Gasteiger partial charge in [-0.05, 0) is 12.1 Å². The number of nitrogens with one attached hydrogen (secondary N) is 2. The molecule has 3 rings (SSSR count). The van der Waals surface area contributed by atoms with Crippen molar-refractivity contribution in [2.24, 2.45) is 0 Å². The molecule has 0 aliphatic carbocycles. The topological polar surface area (TPSA) is 120 Å². The van der Waals surface area contributed by atoms with Gasteiger partial charge in [0.05, 0.1) is 11.9 Å². The highest BCUT2D eigenvalue weighted by Crippen LogP contribution is 2.19. The Labute approximate surface area is 165 Å². The molecule has 0 radical (unpaired) electrons. The number of hydrogen-bond acceptors (Lipinski definition) is 6. The van der Waals surface area contributed by atoms with Gasteiger partial charge < -0.3 is 14.5 Å². The number of ether oxygens (including phenoxy) is 1. The van der Waals surface area contributed by atoms with E-state index in [1.54, 1.807) is 54.6 Å². The van der Waals surface area contributed by atoms with Gasteiger partial charge in [0.15, 0.2) is 5.58 Å². The molecule has 0 fully saturated rings. The summed E-state index contributed by atoms with van der Waals surface area (Å²) in [6, 6.07) is 14.4. The van der Waals surface area contributed by atoms with Gasteiger partial charge >= 0.3 is 17.8 Å². The molecule has 9 nitrogen and oxygen atoms in total. The zero-order valence-corrected chi connectivity index (χ0v) is 15.6. The molecule has 1 heterocycles. The molecule has 1 aromatic heterocycles. The molecule has 9 heteroatoms. The average Bonchev–Trinajstić information content (AvgIpc) is 3.05. The van der Waals surface area contributed by atoms with Crippen LogP contribution in [0, 0.1) is 0 Å². The van der Waals surface area contributed by atoms with Crippen LogP contribution in [0.5, 0.6) is 0 Å². The van der Waals surface area contributed by atoms with E-state index >= 15 is 0 Å². The van der Waals surface area contributed by atoms with Crippen LogP contribution in [0.25, 0.3) is 11.1 Å². The molecule has 2 aromatic carbocycles. The lowest BCUT2D eigenvalue weighted by Crippen LogP contribution is -2.41. The fraction of sp³-hybridized carbons (Fsp3) is 0.200. The number of aryl methyl sites for hydroxylation is 1. The Morgan fingerprint density at radius 3 is 2.48 bits per heavy atom. The van der Waals surface area contributed by atoms with Crippen LogP contribution in [0.3, 0.4) is 0 Å². The van der Waals surface area contributed by atoms with Crippen molar-refractivity contribution in [2.75, 3.05) is 7.05 Å². The fourth-order valence-corrected chi connectivity index (χ4v) is 2.76. The number of aromatic nitrogens is 1. The minimum Gasteiger partial charge on any atom is -0.447 e. The summed E-state index contributed by atoms with van der Waals surface area (Å²) in [5.41, 5.74) is 1.38. The molecular formula is C20H19N3O6. The number of rotatable bonds is 6. The van der Waals surface area contributed by atoms with Crippen LogP contribution in [0.1, 0.15) is 18.1 Å². The van der Waals surface area contributed by atoms with Gasteiger partial charge in [0.1, 0.15) is 0 Å². The molecule has 3 amide bonds. The van der Waals surface area contributed by atoms with Gasteiger partial charge in [0.25, 0.3) is 5.91 Å². The van der Waals surface area contributed by atoms with Gasteiger partial charge in [-0.15, -0.1) is 0 Å². The third-order valence-electron chi connectivity index (χ3n) is 4.17. The number of benzene rings is 2. The Bertz CT molecular complexity index is 1090. The zero-order chi connectivity index (χ0) is 20.8. The number of esters is 1. The van der Waals surface area contributed by atoms with Gasteiger partial charge in [0.2, 0.25) is 6.10 Å². The molecule has 150 valence electrons. The maximum Gasteiger partial charge on any atom is 0.419 e.